The molecule has 35 heavy (non-hydrogen) atoms. The number of aliphatic hydroxyl groups excluding tert-OH is 1. The van der Waals surface area contributed by atoms with Crippen LogP contribution in [-0.2, 0) is 19.1 Å². The van der Waals surface area contributed by atoms with E-state index >= 15 is 0 Å². The number of unbranched alkanes of at least 4 members (excludes halogenated alkanes) is 2. The fourth-order valence-electron chi connectivity index (χ4n) is 6.22. The predicted octanol–water partition coefficient (Wildman–Crippen LogP) is 3.56. The standard InChI is InChI=1S/C27H42N2O5S/c1-6-9-10-11-16-34-26(33)21-20-13-14-27(35-20)22(21)24(31)29(19(5)17-30)23(27)25(32)28(15-8-3)18(4)12-7-2/h6,8,18-23,30H,1,3,7,9-17H2,2,4-5H3/t18?,19-,20+,21-,22+,23?,27?/m1/s1. The maximum Gasteiger partial charge on any atom is 0.310 e. The van der Waals surface area contributed by atoms with Crippen LogP contribution in [0.25, 0.3) is 0 Å². The van der Waals surface area contributed by atoms with Crippen LogP contribution in [0.2, 0.25) is 0 Å². The number of thioether (sulfide) groups is 1. The van der Waals surface area contributed by atoms with E-state index < -0.39 is 28.7 Å². The minimum Gasteiger partial charge on any atom is -0.465 e. The third-order valence-corrected chi connectivity index (χ3v) is 9.83. The average molecular weight is 507 g/mol. The molecule has 7 atom stereocenters. The van der Waals surface area contributed by atoms with Crippen molar-refractivity contribution in [1.29, 1.82) is 0 Å². The van der Waals surface area contributed by atoms with Crippen LogP contribution in [-0.4, -0.2) is 80.6 Å². The van der Waals surface area contributed by atoms with E-state index in [1.165, 1.54) is 0 Å². The Morgan fingerprint density at radius 1 is 1.31 bits per heavy atom. The van der Waals surface area contributed by atoms with Crippen molar-refractivity contribution in [2.24, 2.45) is 11.8 Å². The average Bonchev–Trinajstić information content (AvgIpc) is 3.48. The molecular weight excluding hydrogens is 464 g/mol. The Morgan fingerprint density at radius 3 is 2.69 bits per heavy atom. The Bertz CT molecular complexity index is 819. The van der Waals surface area contributed by atoms with Crippen LogP contribution < -0.4 is 0 Å². The minimum absolute atomic E-state index is 0.00210. The van der Waals surface area contributed by atoms with Crippen molar-refractivity contribution in [3.63, 3.8) is 0 Å². The van der Waals surface area contributed by atoms with Gasteiger partial charge in [0.25, 0.3) is 0 Å². The Hall–Kier alpha value is -1.80. The van der Waals surface area contributed by atoms with Gasteiger partial charge in [0.1, 0.15) is 6.04 Å². The summed E-state index contributed by atoms with van der Waals surface area (Å²) in [6.45, 7) is 13.9. The summed E-state index contributed by atoms with van der Waals surface area (Å²) in [4.78, 5) is 44.7. The summed E-state index contributed by atoms with van der Waals surface area (Å²) in [7, 11) is 0. The molecule has 3 heterocycles. The van der Waals surface area contributed by atoms with Gasteiger partial charge in [-0.3, -0.25) is 14.4 Å². The summed E-state index contributed by atoms with van der Waals surface area (Å²) in [5.74, 6) is -1.77. The molecule has 8 heteroatoms. The van der Waals surface area contributed by atoms with Gasteiger partial charge in [0.15, 0.2) is 0 Å². The summed E-state index contributed by atoms with van der Waals surface area (Å²) >= 11 is 1.63. The molecule has 1 N–H and O–H groups in total. The maximum atomic E-state index is 14.2. The van der Waals surface area contributed by atoms with E-state index in [9.17, 15) is 19.5 Å². The van der Waals surface area contributed by atoms with Crippen LogP contribution >= 0.6 is 11.8 Å². The number of nitrogens with zero attached hydrogens (tertiary/aromatic N) is 2. The third-order valence-electron chi connectivity index (χ3n) is 7.88. The Morgan fingerprint density at radius 2 is 2.06 bits per heavy atom. The van der Waals surface area contributed by atoms with E-state index in [1.807, 2.05) is 17.9 Å². The molecule has 3 rings (SSSR count). The first-order chi connectivity index (χ1) is 16.8. The highest BCUT2D eigenvalue weighted by molar-refractivity contribution is 8.02. The zero-order valence-electron chi connectivity index (χ0n) is 21.5. The molecule has 2 bridgehead atoms. The lowest BCUT2D eigenvalue weighted by Gasteiger charge is -2.40. The number of aliphatic hydroxyl groups is 1. The van der Waals surface area contributed by atoms with E-state index in [1.54, 1.807) is 29.7 Å². The SMILES string of the molecule is C=CCCCCOC(=O)[C@@H]1[C@@H]2CCC3(S2)C(C(=O)N(CC=C)C(C)CCC)N([C@H](C)CO)C(=O)[C@H]13. The number of allylic oxidation sites excluding steroid dienone is 1. The van der Waals surface area contributed by atoms with Gasteiger partial charge in [-0.15, -0.1) is 24.9 Å². The molecule has 196 valence electrons. The van der Waals surface area contributed by atoms with Gasteiger partial charge in [0.2, 0.25) is 11.8 Å². The van der Waals surface area contributed by atoms with E-state index in [0.717, 1.165) is 38.5 Å². The second kappa shape index (κ2) is 12.0. The number of amides is 2. The lowest BCUT2D eigenvalue weighted by molar-refractivity contribution is -0.154. The minimum atomic E-state index is -0.707. The third kappa shape index (κ3) is 5.06. The fourth-order valence-corrected chi connectivity index (χ4v) is 8.40. The highest BCUT2D eigenvalue weighted by Gasteiger charge is 2.74. The normalized spacial score (nSPS) is 30.6. The molecule has 0 aromatic heterocycles. The second-order valence-electron chi connectivity index (χ2n) is 10.2. The molecular formula is C27H42N2O5S. The van der Waals surface area contributed by atoms with Crippen LogP contribution in [0.5, 0.6) is 0 Å². The van der Waals surface area contributed by atoms with Gasteiger partial charge in [-0.1, -0.05) is 25.5 Å². The van der Waals surface area contributed by atoms with Gasteiger partial charge < -0.3 is 19.6 Å². The van der Waals surface area contributed by atoms with Crippen molar-refractivity contribution in [2.75, 3.05) is 19.8 Å². The molecule has 1 spiro atoms. The Balaban J connectivity index is 1.92. The highest BCUT2D eigenvalue weighted by Crippen LogP contribution is 2.67. The monoisotopic (exact) mass is 506 g/mol. The highest BCUT2D eigenvalue weighted by atomic mass is 32.2. The second-order valence-corrected chi connectivity index (χ2v) is 11.8. The van der Waals surface area contributed by atoms with Gasteiger partial charge in [0, 0.05) is 17.8 Å². The molecule has 0 aliphatic carbocycles. The first-order valence-corrected chi connectivity index (χ1v) is 14.0. The quantitative estimate of drug-likeness (QED) is 0.220. The van der Waals surface area contributed by atoms with Crippen molar-refractivity contribution in [2.45, 2.75) is 93.8 Å². The van der Waals surface area contributed by atoms with Crippen LogP contribution in [0.3, 0.4) is 0 Å². The zero-order chi connectivity index (χ0) is 25.8. The van der Waals surface area contributed by atoms with Gasteiger partial charge in [0.05, 0.1) is 35.8 Å². The van der Waals surface area contributed by atoms with Crippen molar-refractivity contribution < 1.29 is 24.2 Å². The number of esters is 1. The van der Waals surface area contributed by atoms with E-state index in [0.29, 0.717) is 19.6 Å². The van der Waals surface area contributed by atoms with E-state index in [-0.39, 0.29) is 35.7 Å². The summed E-state index contributed by atoms with van der Waals surface area (Å²) in [5, 5.41) is 9.98. The summed E-state index contributed by atoms with van der Waals surface area (Å²) in [6.07, 6.45) is 9.38. The Labute approximate surface area is 214 Å². The van der Waals surface area contributed by atoms with Gasteiger partial charge in [-0.2, -0.15) is 0 Å². The van der Waals surface area contributed by atoms with Gasteiger partial charge in [-0.05, 0) is 52.4 Å². The number of fused-ring (bicyclic) bond motifs is 1. The van der Waals surface area contributed by atoms with E-state index in [4.69, 9.17) is 4.74 Å². The predicted molar refractivity (Wildman–Crippen MR) is 139 cm³/mol. The number of rotatable bonds is 14. The Kier molecular flexibility index (Phi) is 9.49. The van der Waals surface area contributed by atoms with Crippen LogP contribution in [0.1, 0.15) is 65.7 Å². The molecule has 3 fully saturated rings. The van der Waals surface area contributed by atoms with Crippen LogP contribution in [0.4, 0.5) is 0 Å². The van der Waals surface area contributed by atoms with Crippen molar-refractivity contribution in [1.82, 2.24) is 9.80 Å². The molecule has 3 aliphatic heterocycles. The molecule has 0 radical (unpaired) electrons. The number of hydrogen-bond donors (Lipinski definition) is 1. The summed E-state index contributed by atoms with van der Waals surface area (Å²) in [5.41, 5.74) is 0. The molecule has 3 aliphatic rings. The summed E-state index contributed by atoms with van der Waals surface area (Å²) in [6, 6.07) is -1.22. The molecule has 0 saturated carbocycles. The topological polar surface area (TPSA) is 87.2 Å². The molecule has 0 aromatic rings. The van der Waals surface area contributed by atoms with Crippen molar-refractivity contribution >= 4 is 29.5 Å². The van der Waals surface area contributed by atoms with Gasteiger partial charge in [-0.25, -0.2) is 0 Å². The van der Waals surface area contributed by atoms with Crippen LogP contribution in [0, 0.1) is 11.8 Å². The van der Waals surface area contributed by atoms with E-state index in [2.05, 4.69) is 20.1 Å². The fraction of sp³-hybridized carbons (Fsp3) is 0.741. The van der Waals surface area contributed by atoms with Crippen LogP contribution in [0.15, 0.2) is 25.3 Å². The lowest BCUT2D eigenvalue weighted by atomic mass is 9.71. The zero-order valence-corrected chi connectivity index (χ0v) is 22.3. The smallest absolute Gasteiger partial charge is 0.310 e. The largest absolute Gasteiger partial charge is 0.465 e. The lowest BCUT2D eigenvalue weighted by Crippen LogP contribution is -2.58. The van der Waals surface area contributed by atoms with Gasteiger partial charge >= 0.3 is 5.97 Å². The van der Waals surface area contributed by atoms with Crippen molar-refractivity contribution in [3.8, 4) is 0 Å². The molecule has 0 aromatic carbocycles. The number of ether oxygens (including phenoxy) is 1. The molecule has 2 amide bonds. The molecule has 3 saturated heterocycles. The first kappa shape index (κ1) is 27.8. The number of carbonyl (C=O) groups is 3. The summed E-state index contributed by atoms with van der Waals surface area (Å²) < 4.78 is 4.97. The number of carbonyl (C=O) groups excluding carboxylic acids is 3. The van der Waals surface area contributed by atoms with Crippen molar-refractivity contribution in [3.05, 3.63) is 25.3 Å². The number of likely N-dealkylation sites (tertiary alicyclic amines) is 1. The maximum absolute atomic E-state index is 14.2. The molecule has 7 nitrogen and oxygen atoms in total. The number of hydrogen-bond acceptors (Lipinski definition) is 6. The first-order valence-electron chi connectivity index (χ1n) is 13.1. The molecule has 3 unspecified atom stereocenters.